The molecule has 1 atom stereocenters. The van der Waals surface area contributed by atoms with Gasteiger partial charge in [-0.25, -0.2) is 0 Å². The molecule has 0 saturated carbocycles. The van der Waals surface area contributed by atoms with Crippen molar-refractivity contribution < 1.29 is 9.90 Å². The van der Waals surface area contributed by atoms with Gasteiger partial charge in [0.1, 0.15) is 0 Å². The normalized spacial score (nSPS) is 12.7. The van der Waals surface area contributed by atoms with Crippen LogP contribution in [0.5, 0.6) is 0 Å². The fourth-order valence-corrected chi connectivity index (χ4v) is 1.80. The summed E-state index contributed by atoms with van der Waals surface area (Å²) >= 11 is 6.23. The lowest BCUT2D eigenvalue weighted by atomic mass is 10.1. The molecule has 88 valence electrons. The third-order valence-corrected chi connectivity index (χ3v) is 2.73. The van der Waals surface area contributed by atoms with Crippen molar-refractivity contribution in [2.24, 2.45) is 0 Å². The second-order valence-electron chi connectivity index (χ2n) is 3.78. The van der Waals surface area contributed by atoms with Crippen molar-refractivity contribution in [1.82, 2.24) is 4.90 Å². The number of carboxylic acids is 1. The van der Waals surface area contributed by atoms with Crippen molar-refractivity contribution in [3.05, 3.63) is 35.9 Å². The van der Waals surface area contributed by atoms with E-state index < -0.39 is 5.97 Å². The Morgan fingerprint density at radius 1 is 1.44 bits per heavy atom. The van der Waals surface area contributed by atoms with Gasteiger partial charge in [-0.15, -0.1) is 11.6 Å². The molecule has 0 fully saturated rings. The quantitative estimate of drug-likeness (QED) is 0.778. The van der Waals surface area contributed by atoms with Gasteiger partial charge in [0, 0.05) is 13.1 Å². The molecule has 0 amide bonds. The Morgan fingerprint density at radius 3 is 2.62 bits per heavy atom. The lowest BCUT2D eigenvalue weighted by molar-refractivity contribution is -0.137. The van der Waals surface area contributed by atoms with Gasteiger partial charge >= 0.3 is 5.97 Å². The Balaban J connectivity index is 2.39. The molecule has 1 rings (SSSR count). The number of rotatable bonds is 6. The van der Waals surface area contributed by atoms with Crippen molar-refractivity contribution in [2.45, 2.75) is 11.8 Å². The number of nitrogens with zero attached hydrogens (tertiary/aromatic N) is 1. The van der Waals surface area contributed by atoms with Crippen molar-refractivity contribution in [3.8, 4) is 0 Å². The molecule has 16 heavy (non-hydrogen) atoms. The van der Waals surface area contributed by atoms with Gasteiger partial charge in [-0.3, -0.25) is 4.79 Å². The zero-order valence-corrected chi connectivity index (χ0v) is 10.0. The second kappa shape index (κ2) is 6.51. The van der Waals surface area contributed by atoms with Crippen LogP contribution in [-0.4, -0.2) is 36.1 Å². The molecule has 1 aromatic carbocycles. The average molecular weight is 242 g/mol. The molecule has 0 aliphatic carbocycles. The Morgan fingerprint density at radius 2 is 2.06 bits per heavy atom. The molecular formula is C12H16ClNO2. The van der Waals surface area contributed by atoms with E-state index >= 15 is 0 Å². The van der Waals surface area contributed by atoms with Crippen LogP contribution in [0, 0.1) is 0 Å². The van der Waals surface area contributed by atoms with E-state index in [-0.39, 0.29) is 11.8 Å². The minimum absolute atomic E-state index is 0.0972. The lowest BCUT2D eigenvalue weighted by Crippen LogP contribution is -2.25. The third kappa shape index (κ3) is 4.64. The fraction of sp³-hybridized carbons (Fsp3) is 0.417. The number of likely N-dealkylation sites (N-methyl/N-ethyl adjacent to an activating group) is 1. The van der Waals surface area contributed by atoms with E-state index in [1.54, 1.807) is 0 Å². The molecule has 0 radical (unpaired) electrons. The molecule has 0 heterocycles. The first-order chi connectivity index (χ1) is 7.59. The second-order valence-corrected chi connectivity index (χ2v) is 4.31. The van der Waals surface area contributed by atoms with Crippen LogP contribution in [0.4, 0.5) is 0 Å². The summed E-state index contributed by atoms with van der Waals surface area (Å²) in [5, 5.41) is 8.46. The Kier molecular flexibility index (Phi) is 5.29. The topological polar surface area (TPSA) is 40.5 Å². The maximum Gasteiger partial charge on any atom is 0.304 e. The highest BCUT2D eigenvalue weighted by Crippen LogP contribution is 2.20. The fourth-order valence-electron chi connectivity index (χ4n) is 1.42. The minimum Gasteiger partial charge on any atom is -0.481 e. The monoisotopic (exact) mass is 241 g/mol. The minimum atomic E-state index is -0.780. The van der Waals surface area contributed by atoms with E-state index in [0.29, 0.717) is 13.1 Å². The molecular weight excluding hydrogens is 226 g/mol. The summed E-state index contributed by atoms with van der Waals surface area (Å²) in [6.45, 7) is 1.17. The predicted octanol–water partition coefficient (Wildman–Crippen LogP) is 2.37. The summed E-state index contributed by atoms with van der Waals surface area (Å²) < 4.78 is 0. The summed E-state index contributed by atoms with van der Waals surface area (Å²) in [4.78, 5) is 12.3. The predicted molar refractivity (Wildman–Crippen MR) is 64.8 cm³/mol. The highest BCUT2D eigenvalue weighted by molar-refractivity contribution is 6.21. The largest absolute Gasteiger partial charge is 0.481 e. The molecule has 0 aromatic heterocycles. The maximum absolute atomic E-state index is 10.4. The first kappa shape index (κ1) is 13.0. The van der Waals surface area contributed by atoms with E-state index in [2.05, 4.69) is 0 Å². The van der Waals surface area contributed by atoms with Crippen LogP contribution < -0.4 is 0 Å². The number of carbonyl (C=O) groups is 1. The summed E-state index contributed by atoms with van der Waals surface area (Å²) in [6.07, 6.45) is 0.148. The van der Waals surface area contributed by atoms with Gasteiger partial charge in [0.15, 0.2) is 0 Å². The smallest absolute Gasteiger partial charge is 0.304 e. The van der Waals surface area contributed by atoms with Gasteiger partial charge in [-0.1, -0.05) is 30.3 Å². The molecule has 4 heteroatoms. The molecule has 1 unspecified atom stereocenters. The van der Waals surface area contributed by atoms with E-state index in [0.717, 1.165) is 5.56 Å². The molecule has 0 saturated heterocycles. The number of carboxylic acid groups (broad SMARTS) is 1. The van der Waals surface area contributed by atoms with Crippen molar-refractivity contribution in [1.29, 1.82) is 0 Å². The Hall–Kier alpha value is -1.06. The molecule has 1 aromatic rings. The summed E-state index contributed by atoms with van der Waals surface area (Å²) in [5.74, 6) is -0.780. The highest BCUT2D eigenvalue weighted by atomic mass is 35.5. The van der Waals surface area contributed by atoms with Crippen LogP contribution in [-0.2, 0) is 4.79 Å². The number of aliphatic carboxylic acids is 1. The van der Waals surface area contributed by atoms with Gasteiger partial charge in [-0.2, -0.15) is 0 Å². The van der Waals surface area contributed by atoms with E-state index in [4.69, 9.17) is 16.7 Å². The van der Waals surface area contributed by atoms with Gasteiger partial charge < -0.3 is 10.0 Å². The zero-order chi connectivity index (χ0) is 12.0. The first-order valence-electron chi connectivity index (χ1n) is 5.19. The van der Waals surface area contributed by atoms with Gasteiger partial charge in [-0.05, 0) is 12.6 Å². The molecule has 0 aliphatic rings. The zero-order valence-electron chi connectivity index (χ0n) is 9.27. The highest BCUT2D eigenvalue weighted by Gasteiger charge is 2.11. The van der Waals surface area contributed by atoms with Crippen LogP contribution >= 0.6 is 11.6 Å². The SMILES string of the molecule is CN(CCC(=O)O)CC(Cl)c1ccccc1. The lowest BCUT2D eigenvalue weighted by Gasteiger charge is -2.19. The van der Waals surface area contributed by atoms with E-state index in [1.165, 1.54) is 0 Å². The Bertz CT molecular complexity index is 329. The van der Waals surface area contributed by atoms with Crippen molar-refractivity contribution in [2.75, 3.05) is 20.1 Å². The average Bonchev–Trinajstić information content (AvgIpc) is 2.27. The standard InChI is InChI=1S/C12H16ClNO2/c1-14(8-7-12(15)16)9-11(13)10-5-3-2-4-6-10/h2-6,11H,7-9H2,1H3,(H,15,16). The number of hydrogen-bond donors (Lipinski definition) is 1. The third-order valence-electron chi connectivity index (χ3n) is 2.34. The van der Waals surface area contributed by atoms with Crippen molar-refractivity contribution in [3.63, 3.8) is 0 Å². The molecule has 0 aliphatic heterocycles. The number of benzene rings is 1. The first-order valence-corrected chi connectivity index (χ1v) is 5.62. The summed E-state index contributed by atoms with van der Waals surface area (Å²) in [6, 6.07) is 9.79. The van der Waals surface area contributed by atoms with Crippen LogP contribution in [0.25, 0.3) is 0 Å². The van der Waals surface area contributed by atoms with Crippen LogP contribution in [0.15, 0.2) is 30.3 Å². The maximum atomic E-state index is 10.4. The van der Waals surface area contributed by atoms with Gasteiger partial charge in [0.05, 0.1) is 11.8 Å². The molecule has 3 nitrogen and oxygen atoms in total. The number of halogens is 1. The van der Waals surface area contributed by atoms with E-state index in [9.17, 15) is 4.79 Å². The summed E-state index contributed by atoms with van der Waals surface area (Å²) in [5.41, 5.74) is 1.06. The number of alkyl halides is 1. The van der Waals surface area contributed by atoms with Crippen LogP contribution in [0.1, 0.15) is 17.4 Å². The Labute approximate surface area is 101 Å². The van der Waals surface area contributed by atoms with E-state index in [1.807, 2.05) is 42.3 Å². The van der Waals surface area contributed by atoms with Crippen LogP contribution in [0.3, 0.4) is 0 Å². The molecule has 1 N–H and O–H groups in total. The number of hydrogen-bond acceptors (Lipinski definition) is 2. The van der Waals surface area contributed by atoms with Crippen molar-refractivity contribution >= 4 is 17.6 Å². The van der Waals surface area contributed by atoms with Crippen LogP contribution in [0.2, 0.25) is 0 Å². The molecule has 0 spiro atoms. The van der Waals surface area contributed by atoms with Gasteiger partial charge in [0.2, 0.25) is 0 Å². The molecule has 0 bridgehead atoms. The summed E-state index contributed by atoms with van der Waals surface area (Å²) in [7, 11) is 1.88. The van der Waals surface area contributed by atoms with Gasteiger partial charge in [0.25, 0.3) is 0 Å².